The summed E-state index contributed by atoms with van der Waals surface area (Å²) in [5.74, 6) is 0.876. The Morgan fingerprint density at radius 3 is 2.26 bits per heavy atom. The highest BCUT2D eigenvalue weighted by atomic mass is 32.1. The highest BCUT2D eigenvalue weighted by molar-refractivity contribution is 7.07. The van der Waals surface area contributed by atoms with Gasteiger partial charge in [0.25, 0.3) is 0 Å². The van der Waals surface area contributed by atoms with Gasteiger partial charge in [0.1, 0.15) is 5.75 Å². The molecule has 0 bridgehead atoms. The van der Waals surface area contributed by atoms with Crippen molar-refractivity contribution >= 4 is 17.0 Å². The Morgan fingerprint density at radius 2 is 1.58 bits per heavy atom. The lowest BCUT2D eigenvalue weighted by atomic mass is 10.1. The largest absolute Gasteiger partial charge is 0.494 e. The van der Waals surface area contributed by atoms with Crippen LogP contribution in [0.5, 0.6) is 5.75 Å². The Kier molecular flexibility index (Phi) is 7.00. The first kappa shape index (κ1) is 21.1. The lowest BCUT2D eigenvalue weighted by molar-refractivity contribution is 0.340. The van der Waals surface area contributed by atoms with Crippen LogP contribution >= 0.6 is 11.3 Å². The fourth-order valence-electron chi connectivity index (χ4n) is 3.56. The normalized spacial score (nSPS) is 11.6. The van der Waals surface area contributed by atoms with Crippen LogP contribution in [0.2, 0.25) is 0 Å². The third-order valence-corrected chi connectivity index (χ3v) is 6.16. The zero-order valence-corrected chi connectivity index (χ0v) is 18.9. The van der Waals surface area contributed by atoms with Gasteiger partial charge in [0.05, 0.1) is 18.0 Å². The summed E-state index contributed by atoms with van der Waals surface area (Å²) in [6.45, 7) is 5.73. The van der Waals surface area contributed by atoms with Crippen LogP contribution in [0, 0.1) is 0 Å². The predicted molar refractivity (Wildman–Crippen MR) is 130 cm³/mol. The van der Waals surface area contributed by atoms with Crippen molar-refractivity contribution in [2.24, 2.45) is 4.99 Å². The number of aromatic nitrogens is 1. The highest BCUT2D eigenvalue weighted by Gasteiger charge is 2.09. The van der Waals surface area contributed by atoms with Crippen molar-refractivity contribution in [1.82, 2.24) is 4.57 Å². The van der Waals surface area contributed by atoms with Gasteiger partial charge in [-0.3, -0.25) is 0 Å². The van der Waals surface area contributed by atoms with Crippen LogP contribution in [0.1, 0.15) is 25.0 Å². The Hall–Kier alpha value is -3.11. The summed E-state index contributed by atoms with van der Waals surface area (Å²) in [5.41, 5.74) is 6.07. The van der Waals surface area contributed by atoms with E-state index in [0.717, 1.165) is 35.6 Å². The SMILES string of the molecule is CCOc1ccc(N=c2scc(-c3ccc(CC)cc3)n2CCc2ccccc2)cc1. The lowest BCUT2D eigenvalue weighted by Crippen LogP contribution is -2.17. The molecule has 0 unspecified atom stereocenters. The molecule has 0 spiro atoms. The van der Waals surface area contributed by atoms with Crippen LogP contribution in [-0.4, -0.2) is 11.2 Å². The molecule has 1 heterocycles. The number of benzene rings is 3. The number of ether oxygens (including phenoxy) is 1. The summed E-state index contributed by atoms with van der Waals surface area (Å²) >= 11 is 1.69. The molecule has 3 aromatic carbocycles. The topological polar surface area (TPSA) is 26.5 Å². The molecule has 0 radical (unpaired) electrons. The molecule has 4 rings (SSSR count). The average molecular weight is 429 g/mol. The van der Waals surface area contributed by atoms with Crippen LogP contribution in [0.4, 0.5) is 5.69 Å². The molecule has 0 aliphatic heterocycles. The fraction of sp³-hybridized carbons (Fsp3) is 0.222. The summed E-state index contributed by atoms with van der Waals surface area (Å²) in [6, 6.07) is 27.5. The van der Waals surface area contributed by atoms with E-state index in [9.17, 15) is 0 Å². The first-order valence-electron chi connectivity index (χ1n) is 10.9. The van der Waals surface area contributed by atoms with E-state index in [1.54, 1.807) is 11.3 Å². The average Bonchev–Trinajstić information content (AvgIpc) is 3.22. The minimum atomic E-state index is 0.668. The molecule has 4 aromatic rings. The summed E-state index contributed by atoms with van der Waals surface area (Å²) in [7, 11) is 0. The molecule has 0 aliphatic rings. The van der Waals surface area contributed by atoms with E-state index in [-0.39, 0.29) is 0 Å². The van der Waals surface area contributed by atoms with Gasteiger partial charge in [-0.05, 0) is 60.7 Å². The van der Waals surface area contributed by atoms with E-state index in [4.69, 9.17) is 9.73 Å². The summed E-state index contributed by atoms with van der Waals surface area (Å²) in [6.07, 6.45) is 2.02. The third-order valence-electron chi connectivity index (χ3n) is 5.29. The number of rotatable bonds is 8. The maximum atomic E-state index is 5.56. The molecule has 0 saturated heterocycles. The molecule has 3 nitrogen and oxygen atoms in total. The molecule has 0 amide bonds. The molecule has 0 atom stereocenters. The zero-order chi connectivity index (χ0) is 21.5. The van der Waals surface area contributed by atoms with Crippen molar-refractivity contribution < 1.29 is 4.74 Å². The van der Waals surface area contributed by atoms with Gasteiger partial charge >= 0.3 is 0 Å². The molecule has 4 heteroatoms. The molecule has 31 heavy (non-hydrogen) atoms. The Balaban J connectivity index is 1.70. The van der Waals surface area contributed by atoms with Gasteiger partial charge < -0.3 is 9.30 Å². The fourth-order valence-corrected chi connectivity index (χ4v) is 4.51. The maximum absolute atomic E-state index is 5.56. The van der Waals surface area contributed by atoms with E-state index in [1.165, 1.54) is 22.4 Å². The van der Waals surface area contributed by atoms with E-state index in [2.05, 4.69) is 71.5 Å². The number of nitrogens with zero attached hydrogens (tertiary/aromatic N) is 2. The number of aryl methyl sites for hydroxylation is 2. The minimum absolute atomic E-state index is 0.668. The van der Waals surface area contributed by atoms with Crippen molar-refractivity contribution in [1.29, 1.82) is 0 Å². The second kappa shape index (κ2) is 10.3. The molecule has 1 aromatic heterocycles. The summed E-state index contributed by atoms with van der Waals surface area (Å²) in [5, 5.41) is 2.22. The summed E-state index contributed by atoms with van der Waals surface area (Å²) < 4.78 is 7.90. The van der Waals surface area contributed by atoms with Crippen LogP contribution < -0.4 is 9.54 Å². The molecule has 0 N–H and O–H groups in total. The van der Waals surface area contributed by atoms with Crippen LogP contribution in [-0.2, 0) is 19.4 Å². The maximum Gasteiger partial charge on any atom is 0.190 e. The lowest BCUT2D eigenvalue weighted by Gasteiger charge is -2.10. The zero-order valence-electron chi connectivity index (χ0n) is 18.1. The van der Waals surface area contributed by atoms with E-state index < -0.39 is 0 Å². The van der Waals surface area contributed by atoms with Crippen LogP contribution in [0.25, 0.3) is 11.3 Å². The van der Waals surface area contributed by atoms with E-state index in [1.807, 2.05) is 31.2 Å². The van der Waals surface area contributed by atoms with Gasteiger partial charge in [0, 0.05) is 11.9 Å². The van der Waals surface area contributed by atoms with Gasteiger partial charge in [0.2, 0.25) is 0 Å². The van der Waals surface area contributed by atoms with Crippen molar-refractivity contribution in [3.8, 4) is 17.0 Å². The van der Waals surface area contributed by atoms with E-state index >= 15 is 0 Å². The molecule has 0 fully saturated rings. The van der Waals surface area contributed by atoms with Gasteiger partial charge in [-0.2, -0.15) is 0 Å². The smallest absolute Gasteiger partial charge is 0.190 e. The van der Waals surface area contributed by atoms with Crippen molar-refractivity contribution in [3.63, 3.8) is 0 Å². The second-order valence-electron chi connectivity index (χ2n) is 7.38. The number of hydrogen-bond donors (Lipinski definition) is 0. The van der Waals surface area contributed by atoms with Crippen LogP contribution in [0.15, 0.2) is 89.2 Å². The molecule has 0 saturated carbocycles. The monoisotopic (exact) mass is 428 g/mol. The Bertz CT molecular complexity index is 1160. The first-order chi connectivity index (χ1) is 15.3. The van der Waals surface area contributed by atoms with Crippen molar-refractivity contribution in [2.45, 2.75) is 33.2 Å². The molecular formula is C27H28N2OS. The van der Waals surface area contributed by atoms with E-state index in [0.29, 0.717) is 6.61 Å². The molecule has 0 aliphatic carbocycles. The highest BCUT2D eigenvalue weighted by Crippen LogP contribution is 2.23. The first-order valence-corrected chi connectivity index (χ1v) is 11.7. The van der Waals surface area contributed by atoms with Crippen molar-refractivity contribution in [3.05, 3.63) is 100 Å². The standard InChI is InChI=1S/C27H28N2OS/c1-3-21-10-12-23(13-11-21)26-20-31-27(28-24-14-16-25(17-15-24)30-4-2)29(26)19-18-22-8-6-5-7-9-22/h5-17,20H,3-4,18-19H2,1-2H3. The Morgan fingerprint density at radius 1 is 0.839 bits per heavy atom. The molecular weight excluding hydrogens is 400 g/mol. The quantitative estimate of drug-likeness (QED) is 0.308. The van der Waals surface area contributed by atoms with Gasteiger partial charge in [0.15, 0.2) is 4.80 Å². The van der Waals surface area contributed by atoms with Gasteiger partial charge in [-0.1, -0.05) is 61.5 Å². The minimum Gasteiger partial charge on any atom is -0.494 e. The Labute approximate surface area is 188 Å². The van der Waals surface area contributed by atoms with Crippen LogP contribution in [0.3, 0.4) is 0 Å². The van der Waals surface area contributed by atoms with Gasteiger partial charge in [-0.15, -0.1) is 11.3 Å². The second-order valence-corrected chi connectivity index (χ2v) is 8.22. The van der Waals surface area contributed by atoms with Gasteiger partial charge in [-0.25, -0.2) is 4.99 Å². The number of hydrogen-bond acceptors (Lipinski definition) is 3. The predicted octanol–water partition coefficient (Wildman–Crippen LogP) is 6.65. The molecule has 158 valence electrons. The number of thiazole rings is 1. The van der Waals surface area contributed by atoms with Crippen molar-refractivity contribution in [2.75, 3.05) is 6.61 Å². The summed E-state index contributed by atoms with van der Waals surface area (Å²) in [4.78, 5) is 5.97. The third kappa shape index (κ3) is 5.33.